The molecule has 106 valence electrons. The summed E-state index contributed by atoms with van der Waals surface area (Å²) in [5.41, 5.74) is 7.95. The molecule has 0 amide bonds. The Balaban J connectivity index is 2.17. The zero-order valence-electron chi connectivity index (χ0n) is 11.9. The van der Waals surface area contributed by atoms with Gasteiger partial charge in [0.2, 0.25) is 0 Å². The van der Waals surface area contributed by atoms with Crippen LogP contribution in [0.3, 0.4) is 0 Å². The van der Waals surface area contributed by atoms with Crippen molar-refractivity contribution in [3.63, 3.8) is 0 Å². The maximum absolute atomic E-state index is 12.1. The van der Waals surface area contributed by atoms with Crippen LogP contribution in [0.5, 0.6) is 0 Å². The van der Waals surface area contributed by atoms with Crippen LogP contribution in [0, 0.1) is 12.8 Å². The fraction of sp³-hybridized carbons (Fsp3) is 0.333. The van der Waals surface area contributed by atoms with Gasteiger partial charge in [0, 0.05) is 12.1 Å². The van der Waals surface area contributed by atoms with Gasteiger partial charge in [-0.3, -0.25) is 4.79 Å². The zero-order valence-corrected chi connectivity index (χ0v) is 12.8. The van der Waals surface area contributed by atoms with Gasteiger partial charge in [-0.1, -0.05) is 37.3 Å². The second kappa shape index (κ2) is 6.05. The van der Waals surface area contributed by atoms with E-state index in [0.717, 1.165) is 11.3 Å². The highest BCUT2D eigenvalue weighted by Gasteiger charge is 2.17. The van der Waals surface area contributed by atoms with Crippen molar-refractivity contribution in [2.24, 2.45) is 5.92 Å². The smallest absolute Gasteiger partial charge is 0.189 e. The summed E-state index contributed by atoms with van der Waals surface area (Å²) < 4.78 is 0. The summed E-state index contributed by atoms with van der Waals surface area (Å²) in [7, 11) is 0. The Bertz CT molecular complexity index is 619. The van der Waals surface area contributed by atoms with E-state index in [1.54, 1.807) is 0 Å². The Labute approximate surface area is 123 Å². The molecule has 0 aliphatic carbocycles. The molecule has 5 heteroatoms. The number of thiazole rings is 1. The van der Waals surface area contributed by atoms with Crippen LogP contribution in [0.15, 0.2) is 24.3 Å². The third kappa shape index (κ3) is 3.57. The topological polar surface area (TPSA) is 68.0 Å². The standard InChI is InChI=1S/C15H19N3OS/c1-9(2)7-12(19)13-14(16)18-15(20-13)17-11-6-4-5-10(3)8-11/h4-6,8-9H,7,16H2,1-3H3,(H,17,18). The molecule has 2 aromatic rings. The van der Waals surface area contributed by atoms with Gasteiger partial charge in [0.05, 0.1) is 0 Å². The maximum atomic E-state index is 12.1. The molecule has 0 saturated heterocycles. The lowest BCUT2D eigenvalue weighted by atomic mass is 10.1. The van der Waals surface area contributed by atoms with E-state index < -0.39 is 0 Å². The van der Waals surface area contributed by atoms with E-state index >= 15 is 0 Å². The van der Waals surface area contributed by atoms with E-state index in [1.807, 2.05) is 45.0 Å². The first-order valence-corrected chi connectivity index (χ1v) is 7.40. The highest BCUT2D eigenvalue weighted by Crippen LogP contribution is 2.29. The molecule has 0 atom stereocenters. The van der Waals surface area contributed by atoms with Crippen molar-refractivity contribution in [3.05, 3.63) is 34.7 Å². The molecule has 2 rings (SSSR count). The monoisotopic (exact) mass is 289 g/mol. The van der Waals surface area contributed by atoms with E-state index in [4.69, 9.17) is 5.73 Å². The Morgan fingerprint density at radius 1 is 1.45 bits per heavy atom. The van der Waals surface area contributed by atoms with Crippen LogP contribution in [0.1, 0.15) is 35.5 Å². The minimum absolute atomic E-state index is 0.0623. The number of Topliss-reactive ketones (excluding diaryl/α,β-unsaturated/α-hetero) is 1. The zero-order chi connectivity index (χ0) is 14.7. The number of nitrogens with two attached hydrogens (primary N) is 1. The fourth-order valence-corrected chi connectivity index (χ4v) is 2.75. The van der Waals surface area contributed by atoms with Crippen LogP contribution in [0.4, 0.5) is 16.6 Å². The maximum Gasteiger partial charge on any atom is 0.189 e. The van der Waals surface area contributed by atoms with Crippen molar-refractivity contribution < 1.29 is 4.79 Å². The number of benzene rings is 1. The Morgan fingerprint density at radius 2 is 2.20 bits per heavy atom. The quantitative estimate of drug-likeness (QED) is 0.816. The van der Waals surface area contributed by atoms with Gasteiger partial charge < -0.3 is 11.1 Å². The lowest BCUT2D eigenvalue weighted by molar-refractivity contribution is 0.0972. The lowest BCUT2D eigenvalue weighted by Crippen LogP contribution is -2.04. The molecular formula is C15H19N3OS. The molecule has 1 heterocycles. The number of nitrogen functional groups attached to an aromatic ring is 1. The molecule has 20 heavy (non-hydrogen) atoms. The van der Waals surface area contributed by atoms with Gasteiger partial charge in [-0.15, -0.1) is 0 Å². The van der Waals surface area contributed by atoms with Gasteiger partial charge in [-0.05, 0) is 30.5 Å². The van der Waals surface area contributed by atoms with Gasteiger partial charge in [0.25, 0.3) is 0 Å². The van der Waals surface area contributed by atoms with Crippen LogP contribution in [-0.2, 0) is 0 Å². The van der Waals surface area contributed by atoms with E-state index in [2.05, 4.69) is 10.3 Å². The van der Waals surface area contributed by atoms with E-state index in [-0.39, 0.29) is 5.78 Å². The average Bonchev–Trinajstić information content (AvgIpc) is 2.69. The number of rotatable bonds is 5. The summed E-state index contributed by atoms with van der Waals surface area (Å²) in [6, 6.07) is 7.98. The number of hydrogen-bond donors (Lipinski definition) is 2. The molecule has 0 spiro atoms. The number of carbonyl (C=O) groups is 1. The normalized spacial score (nSPS) is 10.8. The number of carbonyl (C=O) groups excluding carboxylic acids is 1. The molecular weight excluding hydrogens is 270 g/mol. The minimum atomic E-state index is 0.0623. The van der Waals surface area contributed by atoms with E-state index in [9.17, 15) is 4.79 Å². The number of nitrogens with one attached hydrogen (secondary N) is 1. The van der Waals surface area contributed by atoms with Crippen molar-refractivity contribution in [1.29, 1.82) is 0 Å². The summed E-state index contributed by atoms with van der Waals surface area (Å²) >= 11 is 1.31. The molecule has 0 radical (unpaired) electrons. The number of hydrogen-bond acceptors (Lipinski definition) is 5. The van der Waals surface area contributed by atoms with Crippen molar-refractivity contribution in [1.82, 2.24) is 4.98 Å². The van der Waals surface area contributed by atoms with Gasteiger partial charge in [0.1, 0.15) is 10.7 Å². The second-order valence-corrected chi connectivity index (χ2v) is 6.25. The fourth-order valence-electron chi connectivity index (χ4n) is 1.89. The van der Waals surface area contributed by atoms with E-state index in [1.165, 1.54) is 11.3 Å². The molecule has 0 saturated carbocycles. The van der Waals surface area contributed by atoms with Crippen molar-refractivity contribution in [2.75, 3.05) is 11.1 Å². The van der Waals surface area contributed by atoms with Crippen LogP contribution >= 0.6 is 11.3 Å². The molecule has 1 aromatic heterocycles. The Morgan fingerprint density at radius 3 is 2.85 bits per heavy atom. The third-order valence-corrected chi connectivity index (χ3v) is 3.80. The third-order valence-electron chi connectivity index (χ3n) is 2.77. The van der Waals surface area contributed by atoms with Gasteiger partial charge >= 0.3 is 0 Å². The van der Waals surface area contributed by atoms with Crippen LogP contribution < -0.4 is 11.1 Å². The summed E-state index contributed by atoms with van der Waals surface area (Å²) in [4.78, 5) is 16.8. The van der Waals surface area contributed by atoms with Gasteiger partial charge in [-0.2, -0.15) is 0 Å². The number of nitrogens with zero attached hydrogens (tertiary/aromatic N) is 1. The van der Waals surface area contributed by atoms with Crippen molar-refractivity contribution in [2.45, 2.75) is 27.2 Å². The average molecular weight is 289 g/mol. The Kier molecular flexibility index (Phi) is 4.39. The van der Waals surface area contributed by atoms with Gasteiger partial charge in [-0.25, -0.2) is 4.98 Å². The second-order valence-electron chi connectivity index (χ2n) is 5.25. The molecule has 0 bridgehead atoms. The van der Waals surface area contributed by atoms with Gasteiger partial charge in [0.15, 0.2) is 10.9 Å². The summed E-state index contributed by atoms with van der Waals surface area (Å²) in [5, 5.41) is 3.84. The predicted octanol–water partition coefficient (Wildman–Crippen LogP) is 4.01. The molecule has 0 unspecified atom stereocenters. The summed E-state index contributed by atoms with van der Waals surface area (Å²) in [6.07, 6.45) is 0.496. The lowest BCUT2D eigenvalue weighted by Gasteiger charge is -2.02. The van der Waals surface area contributed by atoms with Crippen LogP contribution in [0.25, 0.3) is 0 Å². The number of aryl methyl sites for hydroxylation is 1. The first kappa shape index (κ1) is 14.5. The van der Waals surface area contributed by atoms with Crippen LogP contribution in [-0.4, -0.2) is 10.8 Å². The largest absolute Gasteiger partial charge is 0.382 e. The molecule has 0 fully saturated rings. The first-order valence-electron chi connectivity index (χ1n) is 6.59. The van der Waals surface area contributed by atoms with Crippen molar-refractivity contribution >= 4 is 33.8 Å². The molecule has 0 aliphatic heterocycles. The minimum Gasteiger partial charge on any atom is -0.382 e. The Hall–Kier alpha value is -1.88. The SMILES string of the molecule is Cc1cccc(Nc2nc(N)c(C(=O)CC(C)C)s2)c1. The summed E-state index contributed by atoms with van der Waals surface area (Å²) in [5.74, 6) is 0.695. The highest BCUT2D eigenvalue weighted by atomic mass is 32.1. The molecule has 0 aliphatic rings. The molecule has 1 aromatic carbocycles. The predicted molar refractivity (Wildman–Crippen MR) is 84.8 cm³/mol. The number of anilines is 3. The van der Waals surface area contributed by atoms with Crippen molar-refractivity contribution in [3.8, 4) is 0 Å². The molecule has 3 N–H and O–H groups in total. The first-order chi connectivity index (χ1) is 9.45. The summed E-state index contributed by atoms with van der Waals surface area (Å²) in [6.45, 7) is 6.06. The van der Waals surface area contributed by atoms with Crippen LogP contribution in [0.2, 0.25) is 0 Å². The number of ketones is 1. The van der Waals surface area contributed by atoms with E-state index in [0.29, 0.717) is 28.2 Å². The molecule has 4 nitrogen and oxygen atoms in total. The number of aromatic nitrogens is 1. The highest BCUT2D eigenvalue weighted by molar-refractivity contribution is 7.18.